The summed E-state index contributed by atoms with van der Waals surface area (Å²) in [6, 6.07) is 11.2. The number of anilines is 2. The lowest BCUT2D eigenvalue weighted by atomic mass is 10.1. The summed E-state index contributed by atoms with van der Waals surface area (Å²) in [6.07, 6.45) is 2.98. The number of para-hydroxylation sites is 1. The Kier molecular flexibility index (Phi) is 2.86. The van der Waals surface area contributed by atoms with Crippen molar-refractivity contribution in [2.75, 3.05) is 4.90 Å². The number of nitrogens with zero attached hydrogens (tertiary/aromatic N) is 2. The molecule has 0 aliphatic carbocycles. The second-order valence-corrected chi connectivity index (χ2v) is 5.70. The zero-order chi connectivity index (χ0) is 12.7. The highest BCUT2D eigenvalue weighted by molar-refractivity contribution is 9.10. The van der Waals surface area contributed by atoms with Gasteiger partial charge in [0.05, 0.1) is 0 Å². The number of aryl methyl sites for hydroxylation is 1. The number of benzene rings is 1. The minimum absolute atomic E-state index is 0.468. The van der Waals surface area contributed by atoms with Crippen molar-refractivity contribution >= 4 is 27.4 Å². The van der Waals surface area contributed by atoms with Crippen molar-refractivity contribution in [1.29, 1.82) is 0 Å². The molecule has 0 saturated heterocycles. The van der Waals surface area contributed by atoms with E-state index in [1.165, 1.54) is 16.8 Å². The topological polar surface area (TPSA) is 16.1 Å². The van der Waals surface area contributed by atoms with Crippen LogP contribution >= 0.6 is 15.9 Å². The predicted octanol–water partition coefficient (Wildman–Crippen LogP) is 4.24. The standard InChI is InChI=1S/C15H15BrN2/c1-10-7-15(17-9-13(10)16)18-11(2)8-12-5-3-4-6-14(12)18/h3-7,9,11H,8H2,1-2H3. The van der Waals surface area contributed by atoms with E-state index in [4.69, 9.17) is 0 Å². The largest absolute Gasteiger partial charge is 0.323 e. The monoisotopic (exact) mass is 302 g/mol. The molecule has 18 heavy (non-hydrogen) atoms. The molecule has 1 atom stereocenters. The quantitative estimate of drug-likeness (QED) is 0.783. The second-order valence-electron chi connectivity index (χ2n) is 4.84. The molecule has 3 heteroatoms. The molecule has 1 aliphatic rings. The van der Waals surface area contributed by atoms with Gasteiger partial charge in [-0.2, -0.15) is 0 Å². The number of rotatable bonds is 1. The normalized spacial score (nSPS) is 17.9. The average molecular weight is 303 g/mol. The van der Waals surface area contributed by atoms with Crippen LogP contribution in [0.5, 0.6) is 0 Å². The van der Waals surface area contributed by atoms with Crippen molar-refractivity contribution < 1.29 is 0 Å². The van der Waals surface area contributed by atoms with E-state index in [0.717, 1.165) is 16.7 Å². The van der Waals surface area contributed by atoms with Gasteiger partial charge >= 0.3 is 0 Å². The predicted molar refractivity (Wildman–Crippen MR) is 78.4 cm³/mol. The lowest BCUT2D eigenvalue weighted by molar-refractivity contribution is 0.750. The molecule has 0 fully saturated rings. The Hall–Kier alpha value is -1.35. The highest BCUT2D eigenvalue weighted by Crippen LogP contribution is 2.37. The van der Waals surface area contributed by atoms with Gasteiger partial charge in [-0.1, -0.05) is 18.2 Å². The molecule has 1 aromatic carbocycles. The molecular formula is C15H15BrN2. The maximum Gasteiger partial charge on any atom is 0.133 e. The highest BCUT2D eigenvalue weighted by Gasteiger charge is 2.27. The summed E-state index contributed by atoms with van der Waals surface area (Å²) in [5.74, 6) is 1.04. The number of pyridine rings is 1. The first-order valence-corrected chi connectivity index (χ1v) is 6.95. The number of fused-ring (bicyclic) bond motifs is 1. The number of hydrogen-bond acceptors (Lipinski definition) is 2. The zero-order valence-electron chi connectivity index (χ0n) is 10.5. The maximum absolute atomic E-state index is 4.55. The fourth-order valence-electron chi connectivity index (χ4n) is 2.57. The van der Waals surface area contributed by atoms with Gasteiger partial charge in [0, 0.05) is 22.4 Å². The molecule has 2 aromatic rings. The average Bonchev–Trinajstić information content (AvgIpc) is 2.69. The van der Waals surface area contributed by atoms with Gasteiger partial charge in [0.25, 0.3) is 0 Å². The van der Waals surface area contributed by atoms with Crippen molar-refractivity contribution in [3.05, 3.63) is 52.1 Å². The Balaban J connectivity index is 2.09. The van der Waals surface area contributed by atoms with Crippen LogP contribution in [0.25, 0.3) is 0 Å². The smallest absolute Gasteiger partial charge is 0.133 e. The van der Waals surface area contributed by atoms with E-state index < -0.39 is 0 Å². The first-order valence-electron chi connectivity index (χ1n) is 6.16. The van der Waals surface area contributed by atoms with Crippen molar-refractivity contribution in [3.8, 4) is 0 Å². The van der Waals surface area contributed by atoms with Crippen LogP contribution in [0.4, 0.5) is 11.5 Å². The highest BCUT2D eigenvalue weighted by atomic mass is 79.9. The molecule has 1 aliphatic heterocycles. The van der Waals surface area contributed by atoms with E-state index >= 15 is 0 Å². The summed E-state index contributed by atoms with van der Waals surface area (Å²) >= 11 is 3.50. The van der Waals surface area contributed by atoms with Gasteiger partial charge in [0.1, 0.15) is 5.82 Å². The molecule has 0 N–H and O–H groups in total. The molecule has 1 unspecified atom stereocenters. The number of aromatic nitrogens is 1. The van der Waals surface area contributed by atoms with Crippen LogP contribution in [-0.4, -0.2) is 11.0 Å². The van der Waals surface area contributed by atoms with Gasteiger partial charge in [-0.05, 0) is 59.5 Å². The third-order valence-corrected chi connectivity index (χ3v) is 4.32. The van der Waals surface area contributed by atoms with Gasteiger partial charge in [-0.15, -0.1) is 0 Å². The van der Waals surface area contributed by atoms with Crippen LogP contribution in [0.15, 0.2) is 41.0 Å². The summed E-state index contributed by atoms with van der Waals surface area (Å²) in [4.78, 5) is 6.88. The van der Waals surface area contributed by atoms with E-state index in [0.29, 0.717) is 6.04 Å². The summed E-state index contributed by atoms with van der Waals surface area (Å²) in [5.41, 5.74) is 3.92. The number of hydrogen-bond donors (Lipinski definition) is 0. The van der Waals surface area contributed by atoms with Crippen molar-refractivity contribution in [1.82, 2.24) is 4.98 Å². The molecule has 0 spiro atoms. The van der Waals surface area contributed by atoms with Crippen LogP contribution in [-0.2, 0) is 6.42 Å². The van der Waals surface area contributed by atoms with E-state index in [1.54, 1.807) is 0 Å². The van der Waals surface area contributed by atoms with Crippen LogP contribution < -0.4 is 4.90 Å². The minimum Gasteiger partial charge on any atom is -0.323 e. The number of halogens is 1. The summed E-state index contributed by atoms with van der Waals surface area (Å²) < 4.78 is 1.06. The molecule has 0 amide bonds. The second kappa shape index (κ2) is 4.39. The first kappa shape index (κ1) is 11.7. The Bertz CT molecular complexity index is 595. The Labute approximate surface area is 116 Å². The van der Waals surface area contributed by atoms with Crippen molar-refractivity contribution in [2.24, 2.45) is 0 Å². The maximum atomic E-state index is 4.55. The third kappa shape index (κ3) is 1.83. The lowest BCUT2D eigenvalue weighted by Gasteiger charge is -2.24. The molecule has 2 heterocycles. The Morgan fingerprint density at radius 2 is 2.11 bits per heavy atom. The van der Waals surface area contributed by atoms with Gasteiger partial charge in [0.15, 0.2) is 0 Å². The Morgan fingerprint density at radius 3 is 2.89 bits per heavy atom. The molecule has 2 nitrogen and oxygen atoms in total. The molecule has 0 saturated carbocycles. The fourth-order valence-corrected chi connectivity index (χ4v) is 2.79. The van der Waals surface area contributed by atoms with Gasteiger partial charge < -0.3 is 4.90 Å². The van der Waals surface area contributed by atoms with Gasteiger partial charge in [-0.25, -0.2) is 4.98 Å². The van der Waals surface area contributed by atoms with Crippen LogP contribution in [0.3, 0.4) is 0 Å². The minimum atomic E-state index is 0.468. The Morgan fingerprint density at radius 1 is 1.33 bits per heavy atom. The molecule has 3 rings (SSSR count). The zero-order valence-corrected chi connectivity index (χ0v) is 12.1. The lowest BCUT2D eigenvalue weighted by Crippen LogP contribution is -2.24. The van der Waals surface area contributed by atoms with Crippen molar-refractivity contribution in [3.63, 3.8) is 0 Å². The van der Waals surface area contributed by atoms with Crippen LogP contribution in [0.1, 0.15) is 18.1 Å². The summed E-state index contributed by atoms with van der Waals surface area (Å²) in [7, 11) is 0. The van der Waals surface area contributed by atoms with E-state index in [9.17, 15) is 0 Å². The fraction of sp³-hybridized carbons (Fsp3) is 0.267. The van der Waals surface area contributed by atoms with Crippen molar-refractivity contribution in [2.45, 2.75) is 26.3 Å². The van der Waals surface area contributed by atoms with Gasteiger partial charge in [0.2, 0.25) is 0 Å². The van der Waals surface area contributed by atoms with E-state index in [-0.39, 0.29) is 0 Å². The molecule has 0 radical (unpaired) electrons. The van der Waals surface area contributed by atoms with E-state index in [1.807, 2.05) is 6.20 Å². The van der Waals surface area contributed by atoms with Crippen LogP contribution in [0.2, 0.25) is 0 Å². The summed E-state index contributed by atoms with van der Waals surface area (Å²) in [6.45, 7) is 4.35. The third-order valence-electron chi connectivity index (χ3n) is 3.49. The first-order chi connectivity index (χ1) is 8.66. The molecule has 1 aromatic heterocycles. The van der Waals surface area contributed by atoms with E-state index in [2.05, 4.69) is 70.0 Å². The summed E-state index contributed by atoms with van der Waals surface area (Å²) in [5, 5.41) is 0. The SMILES string of the molecule is Cc1cc(N2c3ccccc3CC2C)ncc1Br. The molecule has 0 bridgehead atoms. The van der Waals surface area contributed by atoms with Crippen LogP contribution in [0, 0.1) is 6.92 Å². The van der Waals surface area contributed by atoms with Gasteiger partial charge in [-0.3, -0.25) is 0 Å². The molecule has 92 valence electrons. The molecular weight excluding hydrogens is 288 g/mol.